The number of benzene rings is 2. The summed E-state index contributed by atoms with van der Waals surface area (Å²) >= 11 is 1.25. The Balaban J connectivity index is 1.87. The zero-order valence-electron chi connectivity index (χ0n) is 27.9. The fraction of sp³-hybridized carbons (Fsp3) is 0.381. The average Bonchev–Trinajstić information content (AvgIpc) is 2.96. The first kappa shape index (κ1) is 8.25. The molecule has 0 atom stereocenters. The summed E-state index contributed by atoms with van der Waals surface area (Å²) in [6, 6.07) is 13.1. The lowest BCUT2D eigenvalue weighted by molar-refractivity contribution is 0.0652. The van der Waals surface area contributed by atoms with E-state index in [1.54, 1.807) is 42.5 Å². The van der Waals surface area contributed by atoms with Gasteiger partial charge in [-0.2, -0.15) is 0 Å². The number of nitrogens with zero attached hydrogens (tertiary/aromatic N) is 3. The van der Waals surface area contributed by atoms with E-state index >= 15 is 0 Å². The van der Waals surface area contributed by atoms with Crippen molar-refractivity contribution in [2.24, 2.45) is 4.99 Å². The molecule has 2 aliphatic heterocycles. The summed E-state index contributed by atoms with van der Waals surface area (Å²) in [7, 11) is 0. The van der Waals surface area contributed by atoms with Crippen LogP contribution in [0.1, 0.15) is 24.8 Å². The number of amidine groups is 1. The van der Waals surface area contributed by atoms with Crippen LogP contribution in [0.5, 0.6) is 0 Å². The van der Waals surface area contributed by atoms with Crippen LogP contribution >= 0.6 is 11.8 Å². The summed E-state index contributed by atoms with van der Waals surface area (Å²) in [5.41, 5.74) is 0.489. The van der Waals surface area contributed by atoms with Gasteiger partial charge in [-0.25, -0.2) is 4.99 Å². The second-order valence-electron chi connectivity index (χ2n) is 5.33. The molecule has 0 amide bonds. The van der Waals surface area contributed by atoms with Crippen LogP contribution in [0.25, 0.3) is 0 Å². The van der Waals surface area contributed by atoms with Gasteiger partial charge in [-0.1, -0.05) is 42.1 Å². The number of fused-ring (bicyclic) bond motifs is 2. The summed E-state index contributed by atoms with van der Waals surface area (Å²) in [5, 5.41) is 9.40. The molecule has 1 saturated heterocycles. The number of aliphatic hydroxyl groups is 1. The summed E-state index contributed by atoms with van der Waals surface area (Å²) in [6.07, 6.45) is 0. The Hall–Kier alpha value is -1.86. The molecule has 0 spiro atoms. The third-order valence-electron chi connectivity index (χ3n) is 3.64. The van der Waals surface area contributed by atoms with Crippen molar-refractivity contribution in [3.63, 3.8) is 0 Å². The minimum atomic E-state index is -3.72. The van der Waals surface area contributed by atoms with E-state index in [2.05, 4.69) is 9.73 Å². The highest BCUT2D eigenvalue weighted by atomic mass is 32.2. The van der Waals surface area contributed by atoms with Crippen LogP contribution in [0.15, 0.2) is 63.3 Å². The summed E-state index contributed by atoms with van der Waals surface area (Å²) in [6.45, 7) is -26.4. The molecule has 2 aliphatic rings. The van der Waals surface area contributed by atoms with Crippen LogP contribution < -0.4 is 0 Å². The topological polar surface area (TPSA) is 48.3 Å². The molecule has 2 aromatic rings. The molecule has 27 heavy (non-hydrogen) atoms. The Morgan fingerprint density at radius 1 is 1.04 bits per heavy atom. The molecule has 1 fully saturated rings. The molecular weight excluding hydrogens is 358 g/mol. The maximum absolute atomic E-state index is 9.40. The number of hydrogen-bond donors (Lipinski definition) is 1. The van der Waals surface area contributed by atoms with Crippen molar-refractivity contribution in [1.82, 2.24) is 9.80 Å². The smallest absolute Gasteiger partial charge is 0.137 e. The number of piperazine rings is 1. The molecule has 0 bridgehead atoms. The predicted molar refractivity (Wildman–Crippen MR) is 109 cm³/mol. The summed E-state index contributed by atoms with van der Waals surface area (Å²) < 4.78 is 120. The molecule has 0 unspecified atom stereocenters. The lowest BCUT2D eigenvalue weighted by Crippen LogP contribution is -2.49. The molecule has 0 radical (unpaired) electrons. The maximum atomic E-state index is 9.40. The van der Waals surface area contributed by atoms with Gasteiger partial charge in [0.2, 0.25) is 0 Å². The Bertz CT molecular complexity index is 1340. The normalized spacial score (nSPS) is 33.8. The number of ether oxygens (including phenoxy) is 1. The van der Waals surface area contributed by atoms with Crippen molar-refractivity contribution in [2.45, 2.75) is 9.79 Å². The number of rotatable bonds is 5. The van der Waals surface area contributed by atoms with Crippen molar-refractivity contribution in [2.75, 3.05) is 52.2 Å². The van der Waals surface area contributed by atoms with Crippen molar-refractivity contribution in [3.8, 4) is 0 Å². The van der Waals surface area contributed by atoms with Gasteiger partial charge in [-0.3, -0.25) is 4.90 Å². The first-order valence-corrected chi connectivity index (χ1v) is 8.75. The predicted octanol–water partition coefficient (Wildman–Crippen LogP) is 2.86. The van der Waals surface area contributed by atoms with Crippen LogP contribution in [-0.2, 0) is 4.74 Å². The van der Waals surface area contributed by atoms with Crippen LogP contribution in [0.4, 0.5) is 5.69 Å². The number of hydrogen-bond acceptors (Lipinski definition) is 6. The maximum Gasteiger partial charge on any atom is 0.137 e. The van der Waals surface area contributed by atoms with Crippen LogP contribution in [-0.4, -0.2) is 73.0 Å². The Labute approximate surface area is 184 Å². The summed E-state index contributed by atoms with van der Waals surface area (Å²) in [4.78, 5) is 5.77. The van der Waals surface area contributed by atoms with Crippen molar-refractivity contribution >= 4 is 23.3 Å². The zero-order chi connectivity index (χ0) is 31.0. The van der Waals surface area contributed by atoms with Gasteiger partial charge in [0.15, 0.2) is 0 Å². The lowest BCUT2D eigenvalue weighted by atomic mass is 10.1. The fourth-order valence-electron chi connectivity index (χ4n) is 2.46. The van der Waals surface area contributed by atoms with Gasteiger partial charge in [-0.05, 0) is 18.2 Å². The minimum Gasteiger partial charge on any atom is -0.394 e. The Kier molecular flexibility index (Phi) is 2.72. The van der Waals surface area contributed by atoms with E-state index in [9.17, 15) is 5.11 Å². The van der Waals surface area contributed by atoms with Crippen molar-refractivity contribution < 1.29 is 29.0 Å². The van der Waals surface area contributed by atoms with Crippen LogP contribution in [0.2, 0.25) is 0 Å². The molecule has 5 nitrogen and oxygen atoms in total. The van der Waals surface area contributed by atoms with E-state index in [1.807, 2.05) is 0 Å². The van der Waals surface area contributed by atoms with Gasteiger partial charge >= 0.3 is 0 Å². The molecule has 0 saturated carbocycles. The number of para-hydroxylation sites is 1. The highest BCUT2D eigenvalue weighted by Crippen LogP contribution is 2.40. The second-order valence-corrected chi connectivity index (χ2v) is 6.41. The quantitative estimate of drug-likeness (QED) is 0.841. The lowest BCUT2D eigenvalue weighted by Gasteiger charge is -2.36. The van der Waals surface area contributed by atoms with Gasteiger partial charge in [-0.15, -0.1) is 0 Å². The van der Waals surface area contributed by atoms with E-state index in [0.717, 1.165) is 0 Å². The monoisotopic (exact) mass is 397 g/mol. The van der Waals surface area contributed by atoms with E-state index in [-0.39, 0.29) is 15.4 Å². The van der Waals surface area contributed by atoms with E-state index in [1.165, 1.54) is 17.8 Å². The standard InChI is InChI=1S/C21H25N3O2S/c25-14-16-26-15-13-23-9-11-24(12-10-23)21-17-5-1-3-7-19(17)27-20-8-4-2-6-18(20)22-21/h1-8,25H,9-16H2/i9D2,10D2,11D2,12D2,14D2,15D2,16D2. The molecule has 6 heteroatoms. The SMILES string of the molecule is [2H]C([2H])(CN1C([2H])([2H])C([2H])([2H])N(C2=Nc3ccccc3Sc3ccccc32)C([2H])([2H])C1([2H])[2H])OC([2H])([2H])C([2H])([2H])O. The zero-order valence-corrected chi connectivity index (χ0v) is 14.7. The first-order valence-electron chi connectivity index (χ1n) is 14.9. The molecule has 0 aliphatic carbocycles. The average molecular weight is 398 g/mol. The van der Waals surface area contributed by atoms with Crippen molar-refractivity contribution in [1.29, 1.82) is 0 Å². The fourth-order valence-corrected chi connectivity index (χ4v) is 3.47. The molecule has 4 rings (SSSR count). The molecule has 0 aromatic heterocycles. The molecule has 2 aromatic carbocycles. The third kappa shape index (κ3) is 4.35. The molecular formula is C21H25N3O2S. The van der Waals surface area contributed by atoms with Crippen molar-refractivity contribution in [3.05, 3.63) is 54.1 Å². The third-order valence-corrected chi connectivity index (χ3v) is 4.78. The highest BCUT2D eigenvalue weighted by molar-refractivity contribution is 7.99. The van der Waals surface area contributed by atoms with Gasteiger partial charge < -0.3 is 14.7 Å². The van der Waals surface area contributed by atoms with Gasteiger partial charge in [0, 0.05) is 53.4 Å². The minimum absolute atomic E-state index is 0.106. The van der Waals surface area contributed by atoms with E-state index in [0.29, 0.717) is 15.5 Å². The van der Waals surface area contributed by atoms with Crippen LogP contribution in [0, 0.1) is 0 Å². The number of aliphatic imine (C=N–C) groups is 1. The highest BCUT2D eigenvalue weighted by Gasteiger charge is 2.24. The summed E-state index contributed by atoms with van der Waals surface area (Å²) in [5.74, 6) is -0.412. The van der Waals surface area contributed by atoms with Gasteiger partial charge in [0.1, 0.15) is 5.84 Å². The molecule has 2 heterocycles. The van der Waals surface area contributed by atoms with Crippen LogP contribution in [0.3, 0.4) is 0 Å². The largest absolute Gasteiger partial charge is 0.394 e. The molecule has 142 valence electrons. The van der Waals surface area contributed by atoms with E-state index in [4.69, 9.17) is 19.2 Å². The van der Waals surface area contributed by atoms with Gasteiger partial charge in [0.25, 0.3) is 0 Å². The molecule has 1 N–H and O–H groups in total. The van der Waals surface area contributed by atoms with Gasteiger partial charge in [0.05, 0.1) is 39.1 Å². The first-order chi connectivity index (χ1) is 18.5. The van der Waals surface area contributed by atoms with E-state index < -0.39 is 58.0 Å². The Morgan fingerprint density at radius 2 is 1.78 bits per heavy atom. The Morgan fingerprint density at radius 3 is 2.59 bits per heavy atom. The second kappa shape index (κ2) is 8.89.